The van der Waals surface area contributed by atoms with Crippen LogP contribution in [0.3, 0.4) is 0 Å². The topological polar surface area (TPSA) is 76.4 Å². The highest BCUT2D eigenvalue weighted by molar-refractivity contribution is 14.0. The van der Waals surface area contributed by atoms with Gasteiger partial charge in [-0.15, -0.1) is 34.2 Å². The van der Waals surface area contributed by atoms with Crippen molar-refractivity contribution in [3.05, 3.63) is 76.9 Å². The molecule has 2 aromatic carbocycles. The summed E-state index contributed by atoms with van der Waals surface area (Å²) in [6.07, 6.45) is 0.867. The molecule has 7 nitrogen and oxygen atoms in total. The molecular weight excluding hydrogens is 503 g/mol. The Bertz CT molecular complexity index is 987. The van der Waals surface area contributed by atoms with E-state index < -0.39 is 0 Å². The van der Waals surface area contributed by atoms with Gasteiger partial charge in [-0.05, 0) is 43.0 Å². The molecule has 0 saturated carbocycles. The number of rotatable bonds is 8. The monoisotopic (exact) mass is 534 g/mol. The standard InChI is InChI=1S/C23H30N6O.HI/c1-17-10-11-19(14-21(17)30-4)12-13-24-23(25-15-20-8-6-5-7-9-20)26-16-22-28-27-18(2)29(22)3;/h5-11,14H,12-13,15-16H2,1-4H3,(H2,24,25,26);1H. The molecule has 3 rings (SSSR count). The predicted octanol–water partition coefficient (Wildman–Crippen LogP) is 3.54. The zero-order valence-electron chi connectivity index (χ0n) is 18.6. The summed E-state index contributed by atoms with van der Waals surface area (Å²) >= 11 is 0. The smallest absolute Gasteiger partial charge is 0.191 e. The minimum Gasteiger partial charge on any atom is -0.496 e. The van der Waals surface area contributed by atoms with Crippen LogP contribution in [0.25, 0.3) is 0 Å². The number of nitrogens with zero attached hydrogens (tertiary/aromatic N) is 4. The Balaban J connectivity index is 0.00000341. The highest BCUT2D eigenvalue weighted by Gasteiger charge is 2.07. The highest BCUT2D eigenvalue weighted by Crippen LogP contribution is 2.19. The fourth-order valence-electron chi connectivity index (χ4n) is 3.04. The summed E-state index contributed by atoms with van der Waals surface area (Å²) in [5.41, 5.74) is 3.52. The van der Waals surface area contributed by atoms with E-state index in [1.165, 1.54) is 5.56 Å². The number of halogens is 1. The van der Waals surface area contributed by atoms with Gasteiger partial charge >= 0.3 is 0 Å². The van der Waals surface area contributed by atoms with Crippen molar-refractivity contribution in [3.8, 4) is 5.75 Å². The summed E-state index contributed by atoms with van der Waals surface area (Å²) < 4.78 is 7.40. The van der Waals surface area contributed by atoms with Crippen LogP contribution in [0.2, 0.25) is 0 Å². The number of hydrogen-bond donors (Lipinski definition) is 2. The van der Waals surface area contributed by atoms with Crippen molar-refractivity contribution >= 4 is 29.9 Å². The molecule has 1 heterocycles. The Morgan fingerprint density at radius 1 is 1.03 bits per heavy atom. The van der Waals surface area contributed by atoms with Gasteiger partial charge < -0.3 is 19.9 Å². The fourth-order valence-corrected chi connectivity index (χ4v) is 3.04. The first-order valence-corrected chi connectivity index (χ1v) is 10.1. The molecule has 0 aliphatic carbocycles. The van der Waals surface area contributed by atoms with Gasteiger partial charge in [-0.2, -0.15) is 0 Å². The van der Waals surface area contributed by atoms with Crippen molar-refractivity contribution in [2.75, 3.05) is 13.7 Å². The number of methoxy groups -OCH3 is 1. The van der Waals surface area contributed by atoms with Gasteiger partial charge in [0.15, 0.2) is 11.8 Å². The average Bonchev–Trinajstić information content (AvgIpc) is 3.09. The zero-order valence-corrected chi connectivity index (χ0v) is 20.9. The normalized spacial score (nSPS) is 11.0. The van der Waals surface area contributed by atoms with Crippen molar-refractivity contribution in [1.82, 2.24) is 25.4 Å². The lowest BCUT2D eigenvalue weighted by Crippen LogP contribution is -2.38. The van der Waals surface area contributed by atoms with E-state index in [0.29, 0.717) is 13.1 Å². The molecule has 0 aliphatic rings. The summed E-state index contributed by atoms with van der Waals surface area (Å²) in [4.78, 5) is 4.74. The van der Waals surface area contributed by atoms with Gasteiger partial charge in [0.25, 0.3) is 0 Å². The number of aliphatic imine (C=N–C) groups is 1. The van der Waals surface area contributed by atoms with E-state index in [0.717, 1.165) is 47.5 Å². The molecule has 0 aliphatic heterocycles. The molecule has 0 radical (unpaired) electrons. The number of benzene rings is 2. The van der Waals surface area contributed by atoms with Crippen LogP contribution in [0.1, 0.15) is 28.3 Å². The Morgan fingerprint density at radius 3 is 2.48 bits per heavy atom. The Labute approximate surface area is 201 Å². The molecule has 0 spiro atoms. The van der Waals surface area contributed by atoms with Crippen LogP contribution in [0.15, 0.2) is 53.5 Å². The van der Waals surface area contributed by atoms with Crippen LogP contribution in [0.4, 0.5) is 0 Å². The SMILES string of the molecule is COc1cc(CCNC(=NCc2ccccc2)NCc2nnc(C)n2C)ccc1C.I. The first kappa shape index (κ1) is 24.6. The van der Waals surface area contributed by atoms with Crippen molar-refractivity contribution < 1.29 is 4.74 Å². The maximum Gasteiger partial charge on any atom is 0.191 e. The molecular formula is C23H31IN6O. The summed E-state index contributed by atoms with van der Waals surface area (Å²) in [5, 5.41) is 15.1. The average molecular weight is 534 g/mol. The van der Waals surface area contributed by atoms with Crippen LogP contribution in [0, 0.1) is 13.8 Å². The molecule has 31 heavy (non-hydrogen) atoms. The lowest BCUT2D eigenvalue weighted by atomic mass is 10.1. The first-order valence-electron chi connectivity index (χ1n) is 10.1. The minimum absolute atomic E-state index is 0. The number of aryl methyl sites for hydroxylation is 2. The fraction of sp³-hybridized carbons (Fsp3) is 0.348. The number of nitrogens with one attached hydrogen (secondary N) is 2. The van der Waals surface area contributed by atoms with Crippen molar-refractivity contribution in [2.24, 2.45) is 12.0 Å². The predicted molar refractivity (Wildman–Crippen MR) is 135 cm³/mol. The Morgan fingerprint density at radius 2 is 1.81 bits per heavy atom. The van der Waals surface area contributed by atoms with Crippen molar-refractivity contribution in [3.63, 3.8) is 0 Å². The second kappa shape index (κ2) is 12.3. The lowest BCUT2D eigenvalue weighted by molar-refractivity contribution is 0.411. The zero-order chi connectivity index (χ0) is 21.3. The first-order chi connectivity index (χ1) is 14.6. The largest absolute Gasteiger partial charge is 0.496 e. The van der Waals surface area contributed by atoms with Crippen LogP contribution < -0.4 is 15.4 Å². The van der Waals surface area contributed by atoms with E-state index in [1.54, 1.807) is 7.11 Å². The van der Waals surface area contributed by atoms with E-state index in [9.17, 15) is 0 Å². The minimum atomic E-state index is 0. The van der Waals surface area contributed by atoms with Gasteiger partial charge in [-0.3, -0.25) is 0 Å². The third-order valence-corrected chi connectivity index (χ3v) is 5.04. The molecule has 0 unspecified atom stereocenters. The Kier molecular flexibility index (Phi) is 9.77. The van der Waals surface area contributed by atoms with Gasteiger partial charge in [-0.1, -0.05) is 42.5 Å². The Hall–Kier alpha value is -2.62. The maximum atomic E-state index is 5.43. The van der Waals surface area contributed by atoms with Crippen molar-refractivity contribution in [2.45, 2.75) is 33.4 Å². The molecule has 3 aromatic rings. The van der Waals surface area contributed by atoms with Crippen LogP contribution in [-0.4, -0.2) is 34.4 Å². The molecule has 0 fully saturated rings. The molecule has 0 saturated heterocycles. The van der Waals surface area contributed by atoms with Gasteiger partial charge in [0, 0.05) is 13.6 Å². The molecule has 0 bridgehead atoms. The summed E-state index contributed by atoms with van der Waals surface area (Å²) in [6, 6.07) is 16.5. The van der Waals surface area contributed by atoms with Gasteiger partial charge in [0.2, 0.25) is 0 Å². The van der Waals surface area contributed by atoms with Gasteiger partial charge in [-0.25, -0.2) is 4.99 Å². The highest BCUT2D eigenvalue weighted by atomic mass is 127. The van der Waals surface area contributed by atoms with Crippen LogP contribution in [0.5, 0.6) is 5.75 Å². The van der Waals surface area contributed by atoms with E-state index >= 15 is 0 Å². The lowest BCUT2D eigenvalue weighted by Gasteiger charge is -2.13. The number of aromatic nitrogens is 3. The molecule has 0 atom stereocenters. The second-order valence-electron chi connectivity index (χ2n) is 7.21. The summed E-state index contributed by atoms with van der Waals surface area (Å²) in [6.45, 7) is 5.90. The summed E-state index contributed by atoms with van der Waals surface area (Å²) in [5.74, 6) is 3.42. The van der Waals surface area contributed by atoms with E-state index in [1.807, 2.05) is 43.7 Å². The van der Waals surface area contributed by atoms with E-state index in [4.69, 9.17) is 9.73 Å². The van der Waals surface area contributed by atoms with E-state index in [2.05, 4.69) is 51.2 Å². The molecule has 1 aromatic heterocycles. The summed E-state index contributed by atoms with van der Waals surface area (Å²) in [7, 11) is 3.67. The third kappa shape index (κ3) is 7.23. The number of guanidine groups is 1. The maximum absolute atomic E-state index is 5.43. The molecule has 166 valence electrons. The molecule has 2 N–H and O–H groups in total. The molecule has 0 amide bonds. The second-order valence-corrected chi connectivity index (χ2v) is 7.21. The molecule has 8 heteroatoms. The van der Waals surface area contributed by atoms with Crippen molar-refractivity contribution in [1.29, 1.82) is 0 Å². The van der Waals surface area contributed by atoms with E-state index in [-0.39, 0.29) is 24.0 Å². The van der Waals surface area contributed by atoms with Gasteiger partial charge in [0.05, 0.1) is 20.2 Å². The third-order valence-electron chi connectivity index (χ3n) is 5.04. The quantitative estimate of drug-likeness (QED) is 0.263. The number of hydrogen-bond acceptors (Lipinski definition) is 4. The van der Waals surface area contributed by atoms with Crippen LogP contribution in [-0.2, 0) is 26.6 Å². The number of ether oxygens (including phenoxy) is 1. The van der Waals surface area contributed by atoms with Crippen LogP contribution >= 0.6 is 24.0 Å². The van der Waals surface area contributed by atoms with Gasteiger partial charge in [0.1, 0.15) is 11.6 Å².